The van der Waals surface area contributed by atoms with Gasteiger partial charge in [-0.05, 0) is 18.8 Å². The Kier molecular flexibility index (Phi) is 2.01. The second-order valence-corrected chi connectivity index (χ2v) is 2.83. The summed E-state index contributed by atoms with van der Waals surface area (Å²) in [4.78, 5) is 10.4. The van der Waals surface area contributed by atoms with Crippen molar-refractivity contribution in [3.05, 3.63) is 0 Å². The smallest absolute Gasteiger partial charge is 0.307 e. The van der Waals surface area contributed by atoms with E-state index in [-0.39, 0.29) is 5.92 Å². The van der Waals surface area contributed by atoms with Crippen LogP contribution in [0, 0.1) is 11.8 Å². The van der Waals surface area contributed by atoms with E-state index in [2.05, 4.69) is 12.6 Å². The second kappa shape index (κ2) is 2.60. The van der Waals surface area contributed by atoms with Gasteiger partial charge in [0.2, 0.25) is 0 Å². The Hall–Kier alpha value is -0.180. The zero-order valence-corrected chi connectivity index (χ0v) is 5.97. The van der Waals surface area contributed by atoms with E-state index in [1.165, 1.54) is 0 Å². The van der Waals surface area contributed by atoms with Gasteiger partial charge < -0.3 is 5.11 Å². The molecule has 1 unspecified atom stereocenters. The topological polar surface area (TPSA) is 37.3 Å². The van der Waals surface area contributed by atoms with Crippen molar-refractivity contribution in [2.45, 2.75) is 12.8 Å². The van der Waals surface area contributed by atoms with Crippen molar-refractivity contribution in [2.75, 3.05) is 5.75 Å². The summed E-state index contributed by atoms with van der Waals surface area (Å²) in [6.45, 7) is 0. The van der Waals surface area contributed by atoms with E-state index in [4.69, 9.17) is 5.11 Å². The van der Waals surface area contributed by atoms with Crippen LogP contribution in [0.1, 0.15) is 12.8 Å². The van der Waals surface area contributed by atoms with Crippen LogP contribution in [0.3, 0.4) is 0 Å². The van der Waals surface area contributed by atoms with Crippen molar-refractivity contribution in [3.8, 4) is 0 Å². The largest absolute Gasteiger partial charge is 0.481 e. The highest BCUT2D eigenvalue weighted by atomic mass is 32.1. The van der Waals surface area contributed by atoms with Crippen LogP contribution in [0.15, 0.2) is 0 Å². The van der Waals surface area contributed by atoms with Crippen LogP contribution in [0.2, 0.25) is 0 Å². The number of rotatable bonds is 3. The molecular weight excluding hydrogens is 136 g/mol. The molecule has 0 aromatic heterocycles. The van der Waals surface area contributed by atoms with Gasteiger partial charge in [0.1, 0.15) is 0 Å². The molecule has 1 fully saturated rings. The van der Waals surface area contributed by atoms with Crippen molar-refractivity contribution in [1.82, 2.24) is 0 Å². The van der Waals surface area contributed by atoms with Crippen LogP contribution in [-0.2, 0) is 4.79 Å². The van der Waals surface area contributed by atoms with Crippen LogP contribution in [0.5, 0.6) is 0 Å². The molecule has 1 atom stereocenters. The molecular formula is C6H10O2S. The first kappa shape index (κ1) is 6.93. The Morgan fingerprint density at radius 1 is 1.78 bits per heavy atom. The van der Waals surface area contributed by atoms with Crippen LogP contribution >= 0.6 is 12.6 Å². The molecule has 0 saturated heterocycles. The highest BCUT2D eigenvalue weighted by Gasteiger charge is 2.34. The number of hydrogen-bond acceptors (Lipinski definition) is 2. The van der Waals surface area contributed by atoms with Gasteiger partial charge >= 0.3 is 5.97 Å². The van der Waals surface area contributed by atoms with E-state index in [1.54, 1.807) is 0 Å². The van der Waals surface area contributed by atoms with E-state index in [9.17, 15) is 4.79 Å². The summed E-state index contributed by atoms with van der Waals surface area (Å²) >= 11 is 3.95. The minimum absolute atomic E-state index is 0.187. The van der Waals surface area contributed by atoms with Crippen LogP contribution in [-0.4, -0.2) is 16.8 Å². The molecule has 52 valence electrons. The minimum atomic E-state index is -0.687. The average Bonchev–Trinajstić information content (AvgIpc) is 2.50. The maximum Gasteiger partial charge on any atom is 0.307 e. The average molecular weight is 146 g/mol. The predicted octanol–water partition coefficient (Wildman–Crippen LogP) is 1.03. The molecule has 1 rings (SSSR count). The molecule has 0 aromatic rings. The van der Waals surface area contributed by atoms with Crippen molar-refractivity contribution < 1.29 is 9.90 Å². The summed E-state index contributed by atoms with van der Waals surface area (Å²) in [5, 5.41) is 8.53. The van der Waals surface area contributed by atoms with Gasteiger partial charge in [0.05, 0.1) is 5.92 Å². The van der Waals surface area contributed by atoms with Gasteiger partial charge in [0, 0.05) is 5.75 Å². The summed E-state index contributed by atoms with van der Waals surface area (Å²) in [5.74, 6) is 0.0424. The van der Waals surface area contributed by atoms with Crippen molar-refractivity contribution >= 4 is 18.6 Å². The molecule has 0 amide bonds. The molecule has 0 bridgehead atoms. The minimum Gasteiger partial charge on any atom is -0.481 e. The van der Waals surface area contributed by atoms with Gasteiger partial charge in [0.15, 0.2) is 0 Å². The second-order valence-electron chi connectivity index (χ2n) is 2.46. The van der Waals surface area contributed by atoms with Crippen LogP contribution in [0.4, 0.5) is 0 Å². The maximum absolute atomic E-state index is 10.4. The first-order valence-electron chi connectivity index (χ1n) is 3.09. The molecule has 0 heterocycles. The van der Waals surface area contributed by atoms with Crippen molar-refractivity contribution in [1.29, 1.82) is 0 Å². The van der Waals surface area contributed by atoms with E-state index < -0.39 is 5.97 Å². The summed E-state index contributed by atoms with van der Waals surface area (Å²) in [6.07, 6.45) is 2.16. The molecule has 0 radical (unpaired) electrons. The molecule has 0 aromatic carbocycles. The van der Waals surface area contributed by atoms with Gasteiger partial charge in [-0.2, -0.15) is 12.6 Å². The Labute approximate surface area is 59.7 Å². The van der Waals surface area contributed by atoms with E-state index in [1.807, 2.05) is 0 Å². The molecule has 0 aliphatic heterocycles. The number of carboxylic acids is 1. The summed E-state index contributed by atoms with van der Waals surface area (Å²) in [7, 11) is 0. The van der Waals surface area contributed by atoms with E-state index in [0.717, 1.165) is 12.8 Å². The van der Waals surface area contributed by atoms with Crippen LogP contribution in [0.25, 0.3) is 0 Å². The molecule has 9 heavy (non-hydrogen) atoms. The third kappa shape index (κ3) is 1.61. The fourth-order valence-corrected chi connectivity index (χ4v) is 1.38. The monoisotopic (exact) mass is 146 g/mol. The number of thiol groups is 1. The molecule has 0 spiro atoms. The van der Waals surface area contributed by atoms with Gasteiger partial charge in [-0.25, -0.2) is 0 Å². The lowest BCUT2D eigenvalue weighted by molar-refractivity contribution is -0.141. The van der Waals surface area contributed by atoms with Gasteiger partial charge in [-0.3, -0.25) is 4.79 Å². The number of hydrogen-bond donors (Lipinski definition) is 2. The fourth-order valence-electron chi connectivity index (χ4n) is 0.927. The van der Waals surface area contributed by atoms with Crippen molar-refractivity contribution in [2.24, 2.45) is 11.8 Å². The highest BCUT2D eigenvalue weighted by molar-refractivity contribution is 7.80. The summed E-state index contributed by atoms with van der Waals surface area (Å²) < 4.78 is 0. The molecule has 3 heteroatoms. The predicted molar refractivity (Wildman–Crippen MR) is 37.7 cm³/mol. The Bertz CT molecular complexity index is 120. The Balaban J connectivity index is 2.37. The molecule has 1 aliphatic rings. The third-order valence-corrected chi connectivity index (χ3v) is 2.10. The van der Waals surface area contributed by atoms with Gasteiger partial charge in [-0.1, -0.05) is 0 Å². The molecule has 2 nitrogen and oxygen atoms in total. The third-order valence-electron chi connectivity index (χ3n) is 1.70. The van der Waals surface area contributed by atoms with Crippen LogP contribution < -0.4 is 0 Å². The Morgan fingerprint density at radius 3 is 2.44 bits per heavy atom. The quantitative estimate of drug-likeness (QED) is 0.583. The SMILES string of the molecule is O=C(O)C(CS)C1CC1. The molecule has 1 aliphatic carbocycles. The van der Waals surface area contributed by atoms with E-state index in [0.29, 0.717) is 11.7 Å². The zero-order chi connectivity index (χ0) is 6.85. The van der Waals surface area contributed by atoms with Gasteiger partial charge in [-0.15, -0.1) is 0 Å². The summed E-state index contributed by atoms with van der Waals surface area (Å²) in [5.41, 5.74) is 0. The fraction of sp³-hybridized carbons (Fsp3) is 0.833. The lowest BCUT2D eigenvalue weighted by Crippen LogP contribution is -2.16. The van der Waals surface area contributed by atoms with E-state index >= 15 is 0 Å². The maximum atomic E-state index is 10.4. The molecule has 1 N–H and O–H groups in total. The Morgan fingerprint density at radius 2 is 2.33 bits per heavy atom. The van der Waals surface area contributed by atoms with Crippen molar-refractivity contribution in [3.63, 3.8) is 0 Å². The number of aliphatic carboxylic acids is 1. The molecule has 1 saturated carbocycles. The normalized spacial score (nSPS) is 21.4. The lowest BCUT2D eigenvalue weighted by atomic mass is 10.1. The number of carboxylic acid groups (broad SMARTS) is 1. The number of carbonyl (C=O) groups is 1. The standard InChI is InChI=1S/C6H10O2S/c7-6(8)5(3-9)4-1-2-4/h4-5,9H,1-3H2,(H,7,8). The zero-order valence-electron chi connectivity index (χ0n) is 5.08. The highest BCUT2D eigenvalue weighted by Crippen LogP contribution is 2.37. The lowest BCUT2D eigenvalue weighted by Gasteiger charge is -2.04. The summed E-state index contributed by atoms with van der Waals surface area (Å²) in [6, 6.07) is 0. The first-order valence-corrected chi connectivity index (χ1v) is 3.72. The van der Waals surface area contributed by atoms with Gasteiger partial charge in [0.25, 0.3) is 0 Å². The first-order chi connectivity index (χ1) is 4.25.